The highest BCUT2D eigenvalue weighted by Gasteiger charge is 2.31. The molecular weight excluding hydrogens is 244 g/mol. The van der Waals surface area contributed by atoms with Crippen molar-refractivity contribution >= 4 is 15.8 Å². The van der Waals surface area contributed by atoms with Crippen molar-refractivity contribution in [2.45, 2.75) is 30.7 Å². The van der Waals surface area contributed by atoms with E-state index in [-0.39, 0.29) is 11.6 Å². The monoisotopic (exact) mass is 258 g/mol. The highest BCUT2D eigenvalue weighted by molar-refractivity contribution is 7.91. The van der Waals surface area contributed by atoms with Crippen molar-refractivity contribution < 1.29 is 18.3 Å². The Kier molecular flexibility index (Phi) is 4.17. The summed E-state index contributed by atoms with van der Waals surface area (Å²) in [4.78, 5) is 17.9. The molecular formula is C10H14N2O4S. The first-order valence-corrected chi connectivity index (χ1v) is 6.63. The van der Waals surface area contributed by atoms with Crippen molar-refractivity contribution in [3.63, 3.8) is 0 Å². The zero-order valence-electron chi connectivity index (χ0n) is 9.57. The van der Waals surface area contributed by atoms with Gasteiger partial charge in [0.2, 0.25) is 15.0 Å². The summed E-state index contributed by atoms with van der Waals surface area (Å²) in [5.41, 5.74) is 0. The Bertz CT molecular complexity index is 486. The largest absolute Gasteiger partial charge is 0.481 e. The second-order valence-corrected chi connectivity index (χ2v) is 6.06. The van der Waals surface area contributed by atoms with Crippen LogP contribution in [-0.4, -0.2) is 34.7 Å². The Morgan fingerprint density at radius 3 is 2.35 bits per heavy atom. The smallest absolute Gasteiger partial charge is 0.303 e. The van der Waals surface area contributed by atoms with Gasteiger partial charge in [0.05, 0.1) is 5.25 Å². The Hall–Kier alpha value is -1.50. The van der Waals surface area contributed by atoms with Crippen LogP contribution < -0.4 is 0 Å². The SMILES string of the molecule is CC(CC(=O)O)C(C)S(=O)(=O)c1ncccn1. The zero-order valence-corrected chi connectivity index (χ0v) is 10.4. The van der Waals surface area contributed by atoms with E-state index in [9.17, 15) is 13.2 Å². The molecule has 0 aliphatic rings. The third-order valence-corrected chi connectivity index (χ3v) is 4.75. The molecule has 17 heavy (non-hydrogen) atoms. The summed E-state index contributed by atoms with van der Waals surface area (Å²) in [7, 11) is -3.67. The Morgan fingerprint density at radius 1 is 1.35 bits per heavy atom. The molecule has 0 saturated carbocycles. The molecule has 0 spiro atoms. The molecule has 0 amide bonds. The number of hydrogen-bond donors (Lipinski definition) is 1. The minimum atomic E-state index is -3.67. The van der Waals surface area contributed by atoms with Gasteiger partial charge in [-0.15, -0.1) is 0 Å². The molecule has 0 aliphatic heterocycles. The minimum Gasteiger partial charge on any atom is -0.481 e. The lowest BCUT2D eigenvalue weighted by Gasteiger charge is -2.17. The van der Waals surface area contributed by atoms with Crippen LogP contribution in [0.25, 0.3) is 0 Å². The standard InChI is InChI=1S/C10H14N2O4S/c1-7(6-9(13)14)8(2)17(15,16)10-11-4-3-5-12-10/h3-5,7-8H,6H2,1-2H3,(H,13,14). The number of aromatic nitrogens is 2. The van der Waals surface area contributed by atoms with Crippen LogP contribution in [-0.2, 0) is 14.6 Å². The molecule has 7 heteroatoms. The van der Waals surface area contributed by atoms with Gasteiger partial charge in [-0.1, -0.05) is 6.92 Å². The number of carboxylic acids is 1. The summed E-state index contributed by atoms with van der Waals surface area (Å²) in [6.07, 6.45) is 2.48. The van der Waals surface area contributed by atoms with E-state index in [0.717, 1.165) is 0 Å². The highest BCUT2D eigenvalue weighted by atomic mass is 32.2. The van der Waals surface area contributed by atoms with E-state index < -0.39 is 27.0 Å². The molecule has 1 aromatic rings. The van der Waals surface area contributed by atoms with Crippen LogP contribution in [0, 0.1) is 5.92 Å². The van der Waals surface area contributed by atoms with Crippen LogP contribution in [0.3, 0.4) is 0 Å². The molecule has 1 rings (SSSR count). The van der Waals surface area contributed by atoms with Crippen LogP contribution in [0.5, 0.6) is 0 Å². The topological polar surface area (TPSA) is 97.2 Å². The highest BCUT2D eigenvalue weighted by Crippen LogP contribution is 2.20. The first-order chi connectivity index (χ1) is 7.85. The minimum absolute atomic E-state index is 0.201. The van der Waals surface area contributed by atoms with Crippen molar-refractivity contribution in [2.75, 3.05) is 0 Å². The third kappa shape index (κ3) is 3.23. The molecule has 2 unspecified atom stereocenters. The second-order valence-electron chi connectivity index (χ2n) is 3.86. The summed E-state index contributed by atoms with van der Waals surface area (Å²) in [6.45, 7) is 3.05. The molecule has 6 nitrogen and oxygen atoms in total. The fraction of sp³-hybridized carbons (Fsp3) is 0.500. The lowest BCUT2D eigenvalue weighted by Crippen LogP contribution is -2.28. The van der Waals surface area contributed by atoms with Crippen LogP contribution >= 0.6 is 0 Å². The molecule has 0 fully saturated rings. The van der Waals surface area contributed by atoms with Gasteiger partial charge in [-0.25, -0.2) is 18.4 Å². The van der Waals surface area contributed by atoms with E-state index in [2.05, 4.69) is 9.97 Å². The molecule has 1 aromatic heterocycles. The third-order valence-electron chi connectivity index (χ3n) is 2.58. The van der Waals surface area contributed by atoms with Crippen LogP contribution in [0.2, 0.25) is 0 Å². The van der Waals surface area contributed by atoms with Crippen LogP contribution in [0.4, 0.5) is 0 Å². The maximum absolute atomic E-state index is 12.0. The van der Waals surface area contributed by atoms with Gasteiger partial charge in [0.25, 0.3) is 0 Å². The lowest BCUT2D eigenvalue weighted by molar-refractivity contribution is -0.137. The van der Waals surface area contributed by atoms with E-state index in [1.807, 2.05) is 0 Å². The molecule has 1 heterocycles. The Balaban J connectivity index is 2.95. The number of hydrogen-bond acceptors (Lipinski definition) is 5. The maximum atomic E-state index is 12.0. The predicted molar refractivity (Wildman–Crippen MR) is 60.1 cm³/mol. The quantitative estimate of drug-likeness (QED) is 0.783. The second kappa shape index (κ2) is 5.22. The van der Waals surface area contributed by atoms with Crippen molar-refractivity contribution in [3.8, 4) is 0 Å². The molecule has 94 valence electrons. The maximum Gasteiger partial charge on any atom is 0.303 e. The lowest BCUT2D eigenvalue weighted by atomic mass is 10.1. The predicted octanol–water partition coefficient (Wildman–Crippen LogP) is 0.750. The van der Waals surface area contributed by atoms with Gasteiger partial charge in [-0.2, -0.15) is 0 Å². The van der Waals surface area contributed by atoms with E-state index >= 15 is 0 Å². The van der Waals surface area contributed by atoms with Gasteiger partial charge in [-0.05, 0) is 18.9 Å². The first kappa shape index (κ1) is 13.6. The van der Waals surface area contributed by atoms with Gasteiger partial charge in [-0.3, -0.25) is 4.79 Å². The van der Waals surface area contributed by atoms with Crippen molar-refractivity contribution in [2.24, 2.45) is 5.92 Å². The summed E-state index contributed by atoms with van der Waals surface area (Å²) in [5, 5.41) is 7.55. The van der Waals surface area contributed by atoms with E-state index in [1.165, 1.54) is 25.4 Å². The zero-order chi connectivity index (χ0) is 13.1. The Labute approximate surface area is 99.6 Å². The number of carbonyl (C=O) groups is 1. The van der Waals surface area contributed by atoms with Crippen LogP contribution in [0.1, 0.15) is 20.3 Å². The summed E-state index contributed by atoms with van der Waals surface area (Å²) in [5.74, 6) is -1.52. The van der Waals surface area contributed by atoms with Gasteiger partial charge < -0.3 is 5.11 Å². The molecule has 2 atom stereocenters. The van der Waals surface area contributed by atoms with E-state index in [0.29, 0.717) is 0 Å². The average molecular weight is 258 g/mol. The molecule has 0 aromatic carbocycles. The fourth-order valence-corrected chi connectivity index (χ4v) is 2.80. The molecule has 0 bridgehead atoms. The van der Waals surface area contributed by atoms with Crippen molar-refractivity contribution in [3.05, 3.63) is 18.5 Å². The summed E-state index contributed by atoms with van der Waals surface area (Å²) < 4.78 is 24.1. The van der Waals surface area contributed by atoms with E-state index in [1.54, 1.807) is 6.92 Å². The van der Waals surface area contributed by atoms with E-state index in [4.69, 9.17) is 5.11 Å². The Morgan fingerprint density at radius 2 is 1.88 bits per heavy atom. The number of nitrogens with zero attached hydrogens (tertiary/aromatic N) is 2. The molecule has 1 N–H and O–H groups in total. The number of aliphatic carboxylic acids is 1. The average Bonchev–Trinajstić information content (AvgIpc) is 2.28. The molecule has 0 radical (unpaired) electrons. The number of carboxylic acid groups (broad SMARTS) is 1. The number of sulfone groups is 1. The van der Waals surface area contributed by atoms with Crippen LogP contribution in [0.15, 0.2) is 23.6 Å². The molecule has 0 aliphatic carbocycles. The van der Waals surface area contributed by atoms with Crippen molar-refractivity contribution in [1.29, 1.82) is 0 Å². The number of rotatable bonds is 5. The molecule has 0 saturated heterocycles. The fourth-order valence-electron chi connectivity index (χ4n) is 1.35. The normalized spacial score (nSPS) is 15.2. The summed E-state index contributed by atoms with van der Waals surface area (Å²) >= 11 is 0. The summed E-state index contributed by atoms with van der Waals surface area (Å²) in [6, 6.07) is 1.52. The first-order valence-electron chi connectivity index (χ1n) is 5.08. The van der Waals surface area contributed by atoms with Crippen molar-refractivity contribution in [1.82, 2.24) is 9.97 Å². The van der Waals surface area contributed by atoms with Gasteiger partial charge in [0.15, 0.2) is 0 Å². The van der Waals surface area contributed by atoms with Gasteiger partial charge in [0, 0.05) is 18.8 Å². The van der Waals surface area contributed by atoms with Gasteiger partial charge in [0.1, 0.15) is 0 Å². The van der Waals surface area contributed by atoms with Gasteiger partial charge >= 0.3 is 5.97 Å².